The van der Waals surface area contributed by atoms with E-state index in [1.807, 2.05) is 18.2 Å². The van der Waals surface area contributed by atoms with Crippen molar-refractivity contribution in [1.82, 2.24) is 4.98 Å². The third-order valence-electron chi connectivity index (χ3n) is 2.56. The number of benzene rings is 1. The summed E-state index contributed by atoms with van der Waals surface area (Å²) in [7, 11) is 0. The lowest BCUT2D eigenvalue weighted by molar-refractivity contribution is 0.0492. The number of ether oxygens (including phenoxy) is 2. The summed E-state index contributed by atoms with van der Waals surface area (Å²) in [6.45, 7) is 0.638. The molecule has 1 aliphatic heterocycles. The summed E-state index contributed by atoms with van der Waals surface area (Å²) in [4.78, 5) is 15.9. The zero-order valence-corrected chi connectivity index (χ0v) is 10.4. The van der Waals surface area contributed by atoms with Crippen LogP contribution in [0, 0.1) is 0 Å². The first kappa shape index (κ1) is 10.5. The van der Waals surface area contributed by atoms with Crippen molar-refractivity contribution in [2.45, 2.75) is 0 Å². The summed E-state index contributed by atoms with van der Waals surface area (Å²) in [6, 6.07) is 5.66. The van der Waals surface area contributed by atoms with Crippen LogP contribution in [-0.4, -0.2) is 24.2 Å². The Labute approximate surface area is 106 Å². The zero-order valence-electron chi connectivity index (χ0n) is 8.77. The highest BCUT2D eigenvalue weighted by Crippen LogP contribution is 2.31. The van der Waals surface area contributed by atoms with Crippen molar-refractivity contribution in [2.75, 3.05) is 13.2 Å². The summed E-state index contributed by atoms with van der Waals surface area (Å²) in [6.07, 6.45) is 1.50. The van der Waals surface area contributed by atoms with Crippen LogP contribution in [0.25, 0.3) is 10.9 Å². The number of pyridine rings is 1. The number of hydrogen-bond donors (Lipinski definition) is 0. The van der Waals surface area contributed by atoms with E-state index in [2.05, 4.69) is 20.9 Å². The monoisotopic (exact) mass is 293 g/mol. The molecular formula is C12H8BrNO3. The van der Waals surface area contributed by atoms with Crippen molar-refractivity contribution in [3.8, 4) is 5.75 Å². The smallest absolute Gasteiger partial charge is 0.343 e. The van der Waals surface area contributed by atoms with Gasteiger partial charge >= 0.3 is 5.97 Å². The standard InChI is InChI=1S/C12H8BrNO3/c13-7-1-2-8-10(5-7)14-6-9-11(8)16-3-4-17-12(9)15/h1-2,5-6H,3-4H2. The third kappa shape index (κ3) is 1.76. The van der Waals surface area contributed by atoms with Gasteiger partial charge in [0.2, 0.25) is 0 Å². The van der Waals surface area contributed by atoms with Crippen LogP contribution in [0.4, 0.5) is 0 Å². The van der Waals surface area contributed by atoms with E-state index in [0.717, 1.165) is 15.4 Å². The molecule has 0 unspecified atom stereocenters. The van der Waals surface area contributed by atoms with Crippen LogP contribution >= 0.6 is 15.9 Å². The van der Waals surface area contributed by atoms with E-state index in [1.54, 1.807) is 0 Å². The molecule has 0 spiro atoms. The molecular weight excluding hydrogens is 286 g/mol. The SMILES string of the molecule is O=C1OCCOc2c1cnc1cc(Br)ccc21. The molecule has 0 atom stereocenters. The van der Waals surface area contributed by atoms with Gasteiger partial charge in [-0.25, -0.2) is 4.79 Å². The molecule has 2 heterocycles. The Morgan fingerprint density at radius 3 is 2.94 bits per heavy atom. The second-order valence-electron chi connectivity index (χ2n) is 3.65. The number of carbonyl (C=O) groups is 1. The van der Waals surface area contributed by atoms with E-state index >= 15 is 0 Å². The Kier molecular flexibility index (Phi) is 2.48. The maximum absolute atomic E-state index is 11.7. The van der Waals surface area contributed by atoms with Crippen molar-refractivity contribution in [1.29, 1.82) is 0 Å². The molecule has 5 heteroatoms. The van der Waals surface area contributed by atoms with Gasteiger partial charge in [0.15, 0.2) is 0 Å². The van der Waals surface area contributed by atoms with Gasteiger partial charge in [0.25, 0.3) is 0 Å². The molecule has 2 aromatic rings. The fraction of sp³-hybridized carbons (Fsp3) is 0.167. The molecule has 0 N–H and O–H groups in total. The predicted octanol–water partition coefficient (Wildman–Crippen LogP) is 2.55. The quantitative estimate of drug-likeness (QED) is 0.701. The minimum absolute atomic E-state index is 0.269. The molecule has 1 aliphatic rings. The van der Waals surface area contributed by atoms with Gasteiger partial charge in [-0.05, 0) is 18.2 Å². The van der Waals surface area contributed by atoms with E-state index < -0.39 is 0 Å². The number of esters is 1. The highest BCUT2D eigenvalue weighted by Gasteiger charge is 2.21. The normalized spacial score (nSPS) is 14.8. The van der Waals surface area contributed by atoms with Crippen LogP contribution in [0.3, 0.4) is 0 Å². The lowest BCUT2D eigenvalue weighted by Crippen LogP contribution is -2.05. The number of halogens is 1. The maximum atomic E-state index is 11.7. The fourth-order valence-corrected chi connectivity index (χ4v) is 2.15. The summed E-state index contributed by atoms with van der Waals surface area (Å²) < 4.78 is 11.5. The van der Waals surface area contributed by atoms with Gasteiger partial charge < -0.3 is 9.47 Å². The van der Waals surface area contributed by atoms with Crippen LogP contribution in [0.15, 0.2) is 28.9 Å². The van der Waals surface area contributed by atoms with Gasteiger partial charge in [-0.1, -0.05) is 15.9 Å². The molecule has 0 bridgehead atoms. The van der Waals surface area contributed by atoms with Crippen molar-refractivity contribution >= 4 is 32.8 Å². The van der Waals surface area contributed by atoms with Crippen LogP contribution in [-0.2, 0) is 4.74 Å². The van der Waals surface area contributed by atoms with Gasteiger partial charge in [0.05, 0.1) is 5.52 Å². The molecule has 3 rings (SSSR count). The number of nitrogens with zero attached hydrogens (tertiary/aromatic N) is 1. The summed E-state index contributed by atoms with van der Waals surface area (Å²) in [5.74, 6) is 0.180. The minimum Gasteiger partial charge on any atom is -0.488 e. The van der Waals surface area contributed by atoms with Crippen molar-refractivity contribution in [2.24, 2.45) is 0 Å². The highest BCUT2D eigenvalue weighted by molar-refractivity contribution is 9.10. The molecule has 17 heavy (non-hydrogen) atoms. The molecule has 1 aromatic heterocycles. The molecule has 0 fully saturated rings. The summed E-state index contributed by atoms with van der Waals surface area (Å²) in [5, 5.41) is 0.824. The molecule has 86 valence electrons. The zero-order chi connectivity index (χ0) is 11.8. The number of carbonyl (C=O) groups excluding carboxylic acids is 1. The number of aromatic nitrogens is 1. The minimum atomic E-state index is -0.380. The second kappa shape index (κ2) is 4.00. The average molecular weight is 294 g/mol. The topological polar surface area (TPSA) is 48.4 Å². The number of fused-ring (bicyclic) bond motifs is 3. The molecule has 0 radical (unpaired) electrons. The molecule has 0 saturated carbocycles. The molecule has 0 amide bonds. The van der Waals surface area contributed by atoms with Crippen LogP contribution in [0.1, 0.15) is 10.4 Å². The Balaban J connectivity index is 2.31. The first-order chi connectivity index (χ1) is 8.25. The van der Waals surface area contributed by atoms with E-state index in [4.69, 9.17) is 9.47 Å². The molecule has 4 nitrogen and oxygen atoms in total. The Morgan fingerprint density at radius 1 is 1.24 bits per heavy atom. The van der Waals surface area contributed by atoms with E-state index in [1.165, 1.54) is 6.20 Å². The number of rotatable bonds is 0. The average Bonchev–Trinajstić information content (AvgIpc) is 2.51. The van der Waals surface area contributed by atoms with E-state index in [9.17, 15) is 4.79 Å². The molecule has 0 saturated heterocycles. The first-order valence-electron chi connectivity index (χ1n) is 5.14. The molecule has 1 aromatic carbocycles. The van der Waals surface area contributed by atoms with Gasteiger partial charge in [-0.15, -0.1) is 0 Å². The highest BCUT2D eigenvalue weighted by atomic mass is 79.9. The van der Waals surface area contributed by atoms with E-state index in [-0.39, 0.29) is 12.6 Å². The largest absolute Gasteiger partial charge is 0.488 e. The number of hydrogen-bond acceptors (Lipinski definition) is 4. The Bertz CT molecular complexity index is 612. The van der Waals surface area contributed by atoms with Crippen molar-refractivity contribution in [3.05, 3.63) is 34.4 Å². The van der Waals surface area contributed by atoms with Crippen LogP contribution < -0.4 is 4.74 Å². The van der Waals surface area contributed by atoms with Crippen molar-refractivity contribution in [3.63, 3.8) is 0 Å². The van der Waals surface area contributed by atoms with Gasteiger partial charge in [-0.3, -0.25) is 4.98 Å². The van der Waals surface area contributed by atoms with E-state index in [0.29, 0.717) is 17.9 Å². The summed E-state index contributed by atoms with van der Waals surface area (Å²) in [5.41, 5.74) is 1.17. The lowest BCUT2D eigenvalue weighted by atomic mass is 10.1. The van der Waals surface area contributed by atoms with Gasteiger partial charge in [0, 0.05) is 16.1 Å². The third-order valence-corrected chi connectivity index (χ3v) is 3.06. The maximum Gasteiger partial charge on any atom is 0.343 e. The Hall–Kier alpha value is -1.62. The predicted molar refractivity (Wildman–Crippen MR) is 65.2 cm³/mol. The lowest BCUT2D eigenvalue weighted by Gasteiger charge is -2.08. The van der Waals surface area contributed by atoms with Gasteiger partial charge in [0.1, 0.15) is 24.5 Å². The van der Waals surface area contributed by atoms with Gasteiger partial charge in [-0.2, -0.15) is 0 Å². The van der Waals surface area contributed by atoms with Crippen LogP contribution in [0.5, 0.6) is 5.75 Å². The second-order valence-corrected chi connectivity index (χ2v) is 4.56. The number of cyclic esters (lactones) is 1. The van der Waals surface area contributed by atoms with Crippen LogP contribution in [0.2, 0.25) is 0 Å². The summed E-state index contributed by atoms with van der Waals surface area (Å²) >= 11 is 3.38. The van der Waals surface area contributed by atoms with Crippen molar-refractivity contribution < 1.29 is 14.3 Å². The fourth-order valence-electron chi connectivity index (χ4n) is 1.80. The molecule has 0 aliphatic carbocycles. The Morgan fingerprint density at radius 2 is 2.06 bits per heavy atom. The first-order valence-corrected chi connectivity index (χ1v) is 5.93.